The molecule has 19 heavy (non-hydrogen) atoms. The maximum Gasteiger partial charge on any atom is 0.253 e. The molecule has 0 unspecified atom stereocenters. The Labute approximate surface area is 121 Å². The topological polar surface area (TPSA) is 62.1 Å². The number of carbonyl (C=O) groups excluding carboxylic acids is 1. The second-order valence-electron chi connectivity index (χ2n) is 4.28. The Morgan fingerprint density at radius 1 is 1.32 bits per heavy atom. The van der Waals surface area contributed by atoms with Crippen molar-refractivity contribution in [3.8, 4) is 6.07 Å². The lowest BCUT2D eigenvalue weighted by Gasteiger charge is -2.23. The third-order valence-corrected chi connectivity index (χ3v) is 3.60. The second-order valence-corrected chi connectivity index (χ2v) is 5.10. The van der Waals surface area contributed by atoms with Gasteiger partial charge in [-0.3, -0.25) is 4.79 Å². The van der Waals surface area contributed by atoms with Crippen LogP contribution in [0.25, 0.3) is 0 Å². The van der Waals surface area contributed by atoms with E-state index in [0.717, 1.165) is 12.8 Å². The van der Waals surface area contributed by atoms with Crippen LogP contribution in [-0.2, 0) is 4.74 Å². The molecular weight excluding hydrogens is 287 g/mol. The van der Waals surface area contributed by atoms with Gasteiger partial charge in [-0.25, -0.2) is 0 Å². The molecule has 0 spiro atoms. The molecule has 0 atom stereocenters. The van der Waals surface area contributed by atoms with E-state index in [1.807, 2.05) is 6.07 Å². The predicted octanol–water partition coefficient (Wildman–Crippen LogP) is 2.77. The first-order valence-corrected chi connectivity index (χ1v) is 6.65. The van der Waals surface area contributed by atoms with E-state index in [-0.39, 0.29) is 33.1 Å². The summed E-state index contributed by atoms with van der Waals surface area (Å²) in [6, 6.07) is 4.85. The number of rotatable bonds is 2. The molecule has 1 aromatic rings. The molecule has 6 heteroatoms. The van der Waals surface area contributed by atoms with Crippen molar-refractivity contribution in [2.75, 3.05) is 13.2 Å². The monoisotopic (exact) mass is 298 g/mol. The van der Waals surface area contributed by atoms with Crippen LogP contribution in [0.1, 0.15) is 28.8 Å². The SMILES string of the molecule is N#Cc1cc(C(=O)NC2CCOCC2)c(Cl)cc1Cl. The van der Waals surface area contributed by atoms with Crippen LogP contribution in [0, 0.1) is 11.3 Å². The molecule has 2 rings (SSSR count). The van der Waals surface area contributed by atoms with Gasteiger partial charge in [0.05, 0.1) is 21.2 Å². The lowest BCUT2D eigenvalue weighted by atomic mass is 10.1. The van der Waals surface area contributed by atoms with Crippen molar-refractivity contribution in [2.45, 2.75) is 18.9 Å². The molecule has 1 amide bonds. The Morgan fingerprint density at radius 3 is 2.63 bits per heavy atom. The van der Waals surface area contributed by atoms with E-state index >= 15 is 0 Å². The second kappa shape index (κ2) is 6.25. The van der Waals surface area contributed by atoms with Gasteiger partial charge in [0.1, 0.15) is 6.07 Å². The molecule has 1 aromatic carbocycles. The van der Waals surface area contributed by atoms with E-state index in [1.165, 1.54) is 12.1 Å². The highest BCUT2D eigenvalue weighted by Gasteiger charge is 2.19. The van der Waals surface area contributed by atoms with Crippen molar-refractivity contribution < 1.29 is 9.53 Å². The summed E-state index contributed by atoms with van der Waals surface area (Å²) in [4.78, 5) is 12.1. The van der Waals surface area contributed by atoms with Crippen LogP contribution >= 0.6 is 23.2 Å². The zero-order valence-electron chi connectivity index (χ0n) is 10.1. The molecule has 0 saturated carbocycles. The number of nitriles is 1. The lowest BCUT2D eigenvalue weighted by molar-refractivity contribution is 0.0696. The summed E-state index contributed by atoms with van der Waals surface area (Å²) in [5.41, 5.74) is 0.511. The van der Waals surface area contributed by atoms with Crippen LogP contribution in [0.2, 0.25) is 10.0 Å². The normalized spacial score (nSPS) is 15.8. The Hall–Kier alpha value is -1.28. The fraction of sp³-hybridized carbons (Fsp3) is 0.385. The van der Waals surface area contributed by atoms with Gasteiger partial charge in [0.2, 0.25) is 0 Å². The molecule has 1 fully saturated rings. The number of halogens is 2. The number of hydrogen-bond donors (Lipinski definition) is 1. The van der Waals surface area contributed by atoms with E-state index in [9.17, 15) is 4.79 Å². The summed E-state index contributed by atoms with van der Waals surface area (Å²) in [6.45, 7) is 1.28. The summed E-state index contributed by atoms with van der Waals surface area (Å²) in [5.74, 6) is -0.287. The van der Waals surface area contributed by atoms with Crippen LogP contribution in [0.4, 0.5) is 0 Å². The maximum absolute atomic E-state index is 12.1. The minimum Gasteiger partial charge on any atom is -0.381 e. The third kappa shape index (κ3) is 3.38. The number of ether oxygens (including phenoxy) is 1. The Bertz CT molecular complexity index is 534. The fourth-order valence-electron chi connectivity index (χ4n) is 1.91. The Morgan fingerprint density at radius 2 is 2.00 bits per heavy atom. The predicted molar refractivity (Wildman–Crippen MR) is 72.5 cm³/mol. The molecule has 1 N–H and O–H groups in total. The van der Waals surface area contributed by atoms with Crippen molar-refractivity contribution in [1.82, 2.24) is 5.32 Å². The molecular formula is C13H12Cl2N2O2. The molecule has 100 valence electrons. The summed E-state index contributed by atoms with van der Waals surface area (Å²) in [5, 5.41) is 12.3. The number of nitrogens with one attached hydrogen (secondary N) is 1. The van der Waals surface area contributed by atoms with Gasteiger partial charge < -0.3 is 10.1 Å². The van der Waals surface area contributed by atoms with Crippen LogP contribution in [0.5, 0.6) is 0 Å². The average Bonchev–Trinajstić information content (AvgIpc) is 2.40. The van der Waals surface area contributed by atoms with E-state index in [0.29, 0.717) is 13.2 Å². The zero-order valence-corrected chi connectivity index (χ0v) is 11.6. The Balaban J connectivity index is 2.16. The number of benzene rings is 1. The molecule has 0 aromatic heterocycles. The summed E-state index contributed by atoms with van der Waals surface area (Å²) in [6.07, 6.45) is 1.56. The van der Waals surface area contributed by atoms with Crippen molar-refractivity contribution in [3.05, 3.63) is 33.3 Å². The van der Waals surface area contributed by atoms with Crippen molar-refractivity contribution in [1.29, 1.82) is 5.26 Å². The molecule has 4 nitrogen and oxygen atoms in total. The highest BCUT2D eigenvalue weighted by molar-refractivity contribution is 6.37. The number of hydrogen-bond acceptors (Lipinski definition) is 3. The first kappa shape index (κ1) is 14.1. The van der Waals surface area contributed by atoms with Crippen molar-refractivity contribution in [2.24, 2.45) is 0 Å². The van der Waals surface area contributed by atoms with Crippen LogP contribution in [-0.4, -0.2) is 25.2 Å². The zero-order chi connectivity index (χ0) is 13.8. The van der Waals surface area contributed by atoms with E-state index < -0.39 is 0 Å². The van der Waals surface area contributed by atoms with Gasteiger partial charge in [-0.1, -0.05) is 23.2 Å². The standard InChI is InChI=1S/C13H12Cl2N2O2/c14-11-6-12(15)10(5-8(11)7-16)13(18)17-9-1-3-19-4-2-9/h5-6,9H,1-4H2,(H,17,18). The van der Waals surface area contributed by atoms with Gasteiger partial charge in [0.25, 0.3) is 5.91 Å². The molecule has 0 bridgehead atoms. The van der Waals surface area contributed by atoms with Gasteiger partial charge in [0, 0.05) is 19.3 Å². The quantitative estimate of drug-likeness (QED) is 0.913. The minimum atomic E-state index is -0.287. The van der Waals surface area contributed by atoms with E-state index in [4.69, 9.17) is 33.2 Å². The van der Waals surface area contributed by atoms with Gasteiger partial charge in [-0.2, -0.15) is 5.26 Å². The highest BCUT2D eigenvalue weighted by atomic mass is 35.5. The number of amides is 1. The third-order valence-electron chi connectivity index (χ3n) is 2.98. The van der Waals surface area contributed by atoms with Crippen LogP contribution in [0.15, 0.2) is 12.1 Å². The first-order valence-electron chi connectivity index (χ1n) is 5.89. The lowest BCUT2D eigenvalue weighted by Crippen LogP contribution is -2.39. The molecule has 1 saturated heterocycles. The smallest absolute Gasteiger partial charge is 0.253 e. The highest BCUT2D eigenvalue weighted by Crippen LogP contribution is 2.25. The van der Waals surface area contributed by atoms with Crippen molar-refractivity contribution >= 4 is 29.1 Å². The van der Waals surface area contributed by atoms with Crippen LogP contribution in [0.3, 0.4) is 0 Å². The molecule has 0 radical (unpaired) electrons. The summed E-state index contributed by atoms with van der Waals surface area (Å²) in [7, 11) is 0. The van der Waals surface area contributed by atoms with Gasteiger partial charge >= 0.3 is 0 Å². The average molecular weight is 299 g/mol. The fourth-order valence-corrected chi connectivity index (χ4v) is 2.42. The Kier molecular flexibility index (Phi) is 4.65. The van der Waals surface area contributed by atoms with Gasteiger partial charge in [-0.05, 0) is 25.0 Å². The van der Waals surface area contributed by atoms with E-state index in [1.54, 1.807) is 0 Å². The summed E-state index contributed by atoms with van der Waals surface area (Å²) < 4.78 is 5.23. The number of nitrogens with zero attached hydrogens (tertiary/aromatic N) is 1. The first-order chi connectivity index (χ1) is 9.11. The van der Waals surface area contributed by atoms with Crippen molar-refractivity contribution in [3.63, 3.8) is 0 Å². The molecule has 0 aliphatic carbocycles. The largest absolute Gasteiger partial charge is 0.381 e. The summed E-state index contributed by atoms with van der Waals surface area (Å²) >= 11 is 11.8. The minimum absolute atomic E-state index is 0.0820. The molecule has 1 aliphatic heterocycles. The van der Waals surface area contributed by atoms with Gasteiger partial charge in [-0.15, -0.1) is 0 Å². The number of carbonyl (C=O) groups is 1. The molecule has 1 aliphatic rings. The van der Waals surface area contributed by atoms with E-state index in [2.05, 4.69) is 5.32 Å². The van der Waals surface area contributed by atoms with Crippen LogP contribution < -0.4 is 5.32 Å². The molecule has 1 heterocycles. The van der Waals surface area contributed by atoms with Gasteiger partial charge in [0.15, 0.2) is 0 Å². The maximum atomic E-state index is 12.1.